The minimum absolute atomic E-state index is 0.0236. The molecule has 0 N–H and O–H groups in total. The van der Waals surface area contributed by atoms with E-state index in [-0.39, 0.29) is 11.8 Å². The van der Waals surface area contributed by atoms with Crippen molar-refractivity contribution in [1.29, 1.82) is 0 Å². The average molecular weight is 513 g/mol. The van der Waals surface area contributed by atoms with Gasteiger partial charge in [-0.2, -0.15) is 0 Å². The van der Waals surface area contributed by atoms with Crippen LogP contribution < -0.4 is 0 Å². The van der Waals surface area contributed by atoms with Crippen molar-refractivity contribution in [1.82, 2.24) is 4.57 Å². The van der Waals surface area contributed by atoms with Crippen molar-refractivity contribution in [2.45, 2.75) is 13.8 Å². The minimum Gasteiger partial charge on any atom is -0.462 e. The smallest absolute Gasteiger partial charge is 0.338 e. The molecule has 0 aliphatic rings. The molecule has 0 saturated heterocycles. The first kappa shape index (κ1) is 25.6. The first-order chi connectivity index (χ1) is 19.0. The van der Waals surface area contributed by atoms with Gasteiger partial charge in [0.15, 0.2) is 5.78 Å². The number of ether oxygens (including phenoxy) is 1. The van der Waals surface area contributed by atoms with Crippen LogP contribution >= 0.6 is 0 Å². The van der Waals surface area contributed by atoms with Crippen LogP contribution in [0.25, 0.3) is 28.2 Å². The number of carbonyl (C=O) groups excluding carboxylic acids is 2. The van der Waals surface area contributed by atoms with Crippen molar-refractivity contribution >= 4 is 23.7 Å². The Morgan fingerprint density at radius 2 is 1.36 bits per heavy atom. The molecule has 0 spiro atoms. The van der Waals surface area contributed by atoms with Crippen molar-refractivity contribution < 1.29 is 14.3 Å². The lowest BCUT2D eigenvalue weighted by Gasteiger charge is -2.15. The molecule has 0 aliphatic heterocycles. The number of hydrogen-bond donors (Lipinski definition) is 0. The van der Waals surface area contributed by atoms with Gasteiger partial charge in [-0.25, -0.2) is 4.79 Å². The third-order valence-corrected chi connectivity index (χ3v) is 6.41. The van der Waals surface area contributed by atoms with E-state index >= 15 is 0 Å². The molecule has 0 unspecified atom stereocenters. The van der Waals surface area contributed by atoms with Gasteiger partial charge in [0.2, 0.25) is 0 Å². The average Bonchev–Trinajstić information content (AvgIpc) is 3.37. The number of ketones is 1. The van der Waals surface area contributed by atoms with Gasteiger partial charge < -0.3 is 9.30 Å². The van der Waals surface area contributed by atoms with Gasteiger partial charge >= 0.3 is 5.97 Å². The van der Waals surface area contributed by atoms with E-state index in [1.54, 1.807) is 38.1 Å². The highest BCUT2D eigenvalue weighted by molar-refractivity contribution is 5.96. The van der Waals surface area contributed by atoms with Crippen LogP contribution in [0.3, 0.4) is 0 Å². The normalized spacial score (nSPS) is 11.0. The second-order valence-electron chi connectivity index (χ2n) is 9.03. The zero-order valence-corrected chi connectivity index (χ0v) is 21.9. The summed E-state index contributed by atoms with van der Waals surface area (Å²) in [4.78, 5) is 28.7. The molecule has 1 aromatic heterocycles. The molecular weight excluding hydrogens is 484 g/mol. The molecule has 0 aliphatic carbocycles. The molecule has 0 fully saturated rings. The summed E-state index contributed by atoms with van der Waals surface area (Å²) in [7, 11) is 0. The molecule has 192 valence electrons. The molecule has 0 atom stereocenters. The molecule has 5 nitrogen and oxygen atoms in total. The van der Waals surface area contributed by atoms with Crippen molar-refractivity contribution in [3.63, 3.8) is 0 Å². The number of benzene rings is 4. The van der Waals surface area contributed by atoms with Crippen LogP contribution in [-0.2, 0) is 4.74 Å². The highest BCUT2D eigenvalue weighted by Crippen LogP contribution is 2.35. The van der Waals surface area contributed by atoms with Crippen LogP contribution in [0.15, 0.2) is 120 Å². The van der Waals surface area contributed by atoms with Crippen LogP contribution in [0.4, 0.5) is 5.69 Å². The number of hydrogen-bond acceptors (Lipinski definition) is 4. The minimum atomic E-state index is -0.341. The quantitative estimate of drug-likeness (QED) is 0.120. The first-order valence-electron chi connectivity index (χ1n) is 12.8. The van der Waals surface area contributed by atoms with E-state index in [1.165, 1.54) is 0 Å². The Bertz CT molecular complexity index is 1620. The highest BCUT2D eigenvalue weighted by Gasteiger charge is 2.19. The largest absolute Gasteiger partial charge is 0.462 e. The van der Waals surface area contributed by atoms with Crippen molar-refractivity contribution in [2.75, 3.05) is 6.61 Å². The van der Waals surface area contributed by atoms with Gasteiger partial charge in [-0.15, -0.1) is 0 Å². The maximum Gasteiger partial charge on any atom is 0.338 e. The zero-order valence-electron chi connectivity index (χ0n) is 21.9. The zero-order chi connectivity index (χ0) is 27.2. The molecule has 5 rings (SSSR count). The first-order valence-corrected chi connectivity index (χ1v) is 12.8. The summed E-state index contributed by atoms with van der Waals surface area (Å²) in [6, 6.07) is 37.2. The third-order valence-electron chi connectivity index (χ3n) is 6.41. The Morgan fingerprint density at radius 3 is 1.95 bits per heavy atom. The maximum atomic E-state index is 12.3. The van der Waals surface area contributed by atoms with Crippen LogP contribution in [-0.4, -0.2) is 29.1 Å². The summed E-state index contributed by atoms with van der Waals surface area (Å²) in [6.45, 7) is 3.68. The number of esters is 1. The van der Waals surface area contributed by atoms with Crippen LogP contribution in [0, 0.1) is 0 Å². The van der Waals surface area contributed by atoms with Gasteiger partial charge in [0.1, 0.15) is 0 Å². The standard InChI is InChI=1S/C34H28N2O3/c1-3-39-34(38)28-16-20-31(21-17-28)36-32(26-10-6-4-7-11-26)22-29(33(36)27-12-8-5-9-13-27)23-35-30-18-14-25(15-19-30)24(2)37/h4-23H,3H2,1-2H3. The van der Waals surface area contributed by atoms with E-state index in [4.69, 9.17) is 9.73 Å². The summed E-state index contributed by atoms with van der Waals surface area (Å²) in [6.07, 6.45) is 1.86. The van der Waals surface area contributed by atoms with E-state index in [2.05, 4.69) is 34.9 Å². The van der Waals surface area contributed by atoms with Crippen molar-refractivity contribution in [3.8, 4) is 28.2 Å². The molecular formula is C34H28N2O3. The summed E-state index contributed by atoms with van der Waals surface area (Å²) in [5.74, 6) is -0.317. The summed E-state index contributed by atoms with van der Waals surface area (Å²) in [5, 5.41) is 0. The summed E-state index contributed by atoms with van der Waals surface area (Å²) >= 11 is 0. The van der Waals surface area contributed by atoms with Crippen molar-refractivity contribution in [2.24, 2.45) is 4.99 Å². The van der Waals surface area contributed by atoms with Gasteiger partial charge in [-0.1, -0.05) is 60.7 Å². The van der Waals surface area contributed by atoms with E-state index in [0.717, 1.165) is 39.5 Å². The second kappa shape index (κ2) is 11.6. The number of aliphatic imine (C=N–C) groups is 1. The number of aromatic nitrogens is 1. The SMILES string of the molecule is CCOC(=O)c1ccc(-n2c(-c3ccccc3)cc(C=Nc3ccc(C(C)=O)cc3)c2-c2ccccc2)cc1. The predicted octanol–water partition coefficient (Wildman–Crippen LogP) is 7.94. The van der Waals surface area contributed by atoms with E-state index in [1.807, 2.05) is 66.9 Å². The van der Waals surface area contributed by atoms with Crippen LogP contribution in [0.1, 0.15) is 40.1 Å². The van der Waals surface area contributed by atoms with Crippen LogP contribution in [0.5, 0.6) is 0 Å². The molecule has 39 heavy (non-hydrogen) atoms. The van der Waals surface area contributed by atoms with Crippen molar-refractivity contribution in [3.05, 3.63) is 132 Å². The Morgan fingerprint density at radius 1 is 0.769 bits per heavy atom. The fourth-order valence-corrected chi connectivity index (χ4v) is 4.50. The maximum absolute atomic E-state index is 12.3. The van der Waals surface area contributed by atoms with Gasteiger partial charge in [-0.05, 0) is 79.6 Å². The number of rotatable bonds is 8. The molecule has 5 heteroatoms. The van der Waals surface area contributed by atoms with E-state index in [9.17, 15) is 9.59 Å². The predicted molar refractivity (Wildman–Crippen MR) is 156 cm³/mol. The van der Waals surface area contributed by atoms with Crippen LogP contribution in [0.2, 0.25) is 0 Å². The van der Waals surface area contributed by atoms with Gasteiger partial charge in [0.25, 0.3) is 0 Å². The van der Waals surface area contributed by atoms with Gasteiger partial charge in [-0.3, -0.25) is 9.79 Å². The van der Waals surface area contributed by atoms with Gasteiger partial charge in [0, 0.05) is 23.0 Å². The molecule has 0 bridgehead atoms. The molecule has 0 radical (unpaired) electrons. The Kier molecular flexibility index (Phi) is 7.60. The number of nitrogens with zero attached hydrogens (tertiary/aromatic N) is 2. The molecule has 5 aromatic rings. The molecule has 0 saturated carbocycles. The Hall–Kier alpha value is -5.03. The van der Waals surface area contributed by atoms with E-state index < -0.39 is 0 Å². The number of Topliss-reactive ketones (excluding diaryl/α,β-unsaturated/α-hetero) is 1. The second-order valence-corrected chi connectivity index (χ2v) is 9.03. The summed E-state index contributed by atoms with van der Waals surface area (Å²) in [5.41, 5.74) is 7.81. The lowest BCUT2D eigenvalue weighted by molar-refractivity contribution is 0.0526. The molecule has 1 heterocycles. The van der Waals surface area contributed by atoms with Gasteiger partial charge in [0.05, 0.1) is 29.2 Å². The molecule has 4 aromatic carbocycles. The summed E-state index contributed by atoms with van der Waals surface area (Å²) < 4.78 is 7.37. The number of carbonyl (C=O) groups is 2. The Balaban J connectivity index is 1.68. The lowest BCUT2D eigenvalue weighted by Crippen LogP contribution is -2.05. The topological polar surface area (TPSA) is 60.7 Å². The highest BCUT2D eigenvalue weighted by atomic mass is 16.5. The fraction of sp³-hybridized carbons (Fsp3) is 0.0882. The Labute approximate surface area is 228 Å². The molecule has 0 amide bonds. The van der Waals surface area contributed by atoms with E-state index in [0.29, 0.717) is 17.7 Å². The third kappa shape index (κ3) is 5.63. The lowest BCUT2D eigenvalue weighted by atomic mass is 10.1. The fourth-order valence-electron chi connectivity index (χ4n) is 4.50. The monoisotopic (exact) mass is 512 g/mol.